The van der Waals surface area contributed by atoms with Gasteiger partial charge in [-0.05, 0) is 6.42 Å². The van der Waals surface area contributed by atoms with Gasteiger partial charge in [0.2, 0.25) is 5.88 Å². The lowest BCUT2D eigenvalue weighted by atomic mass is 10.2. The van der Waals surface area contributed by atoms with Gasteiger partial charge in [0, 0.05) is 0 Å². The Bertz CT molecular complexity index is 357. The van der Waals surface area contributed by atoms with Gasteiger partial charge in [-0.1, -0.05) is 13.3 Å². The predicted octanol–water partition coefficient (Wildman–Crippen LogP) is 1.15. The molecule has 2 N–H and O–H groups in total. The molecule has 0 aliphatic rings. The van der Waals surface area contributed by atoms with Crippen LogP contribution in [0.1, 0.15) is 19.8 Å². The number of carboxylic acids is 1. The number of aliphatic carboxylic acids is 1. The Labute approximate surface area is 93.7 Å². The van der Waals surface area contributed by atoms with Gasteiger partial charge in [0.1, 0.15) is 11.9 Å². The molecule has 0 amide bonds. The Balaban J connectivity index is 2.72. The van der Waals surface area contributed by atoms with Crippen molar-refractivity contribution in [3.8, 4) is 5.88 Å². The summed E-state index contributed by atoms with van der Waals surface area (Å²) >= 11 is 0. The average Bonchev–Trinajstić information content (AvgIpc) is 2.28. The van der Waals surface area contributed by atoms with E-state index in [0.717, 1.165) is 6.42 Å². The minimum atomic E-state index is -0.897. The molecule has 16 heavy (non-hydrogen) atoms. The molecule has 0 spiro atoms. The van der Waals surface area contributed by atoms with Crippen LogP contribution in [-0.2, 0) is 4.79 Å². The van der Waals surface area contributed by atoms with Crippen molar-refractivity contribution in [2.75, 3.05) is 12.4 Å². The number of hydrogen-bond donors (Lipinski definition) is 2. The first-order valence-electron chi connectivity index (χ1n) is 5.02. The van der Waals surface area contributed by atoms with E-state index in [4.69, 9.17) is 9.84 Å². The topological polar surface area (TPSA) is 84.3 Å². The number of rotatable bonds is 6. The van der Waals surface area contributed by atoms with Crippen LogP contribution >= 0.6 is 0 Å². The summed E-state index contributed by atoms with van der Waals surface area (Å²) in [6.07, 6.45) is 4.24. The van der Waals surface area contributed by atoms with Crippen LogP contribution in [0.4, 0.5) is 5.82 Å². The fourth-order valence-electron chi connectivity index (χ4n) is 1.24. The standard InChI is InChI=1S/C10H15N3O3/c1-3-4-7(10(14)15)12-8-5-11-6-9(13-8)16-2/h5-7H,3-4H2,1-2H3,(H,12,13)(H,14,15). The van der Waals surface area contributed by atoms with E-state index in [9.17, 15) is 4.79 Å². The normalized spacial score (nSPS) is 11.9. The van der Waals surface area contributed by atoms with Crippen LogP contribution in [0.2, 0.25) is 0 Å². The van der Waals surface area contributed by atoms with Crippen LogP contribution in [0.5, 0.6) is 5.88 Å². The van der Waals surface area contributed by atoms with Gasteiger partial charge >= 0.3 is 5.97 Å². The molecular formula is C10H15N3O3. The summed E-state index contributed by atoms with van der Waals surface area (Å²) in [5.41, 5.74) is 0. The van der Waals surface area contributed by atoms with Crippen LogP contribution in [0, 0.1) is 0 Å². The van der Waals surface area contributed by atoms with Crippen molar-refractivity contribution in [1.29, 1.82) is 0 Å². The largest absolute Gasteiger partial charge is 0.480 e. The smallest absolute Gasteiger partial charge is 0.326 e. The molecule has 0 saturated heterocycles. The predicted molar refractivity (Wildman–Crippen MR) is 58.5 cm³/mol. The minimum Gasteiger partial charge on any atom is -0.480 e. The van der Waals surface area contributed by atoms with Crippen LogP contribution in [-0.4, -0.2) is 34.2 Å². The van der Waals surface area contributed by atoms with Crippen molar-refractivity contribution in [3.63, 3.8) is 0 Å². The van der Waals surface area contributed by atoms with Gasteiger partial charge < -0.3 is 15.2 Å². The van der Waals surface area contributed by atoms with Crippen LogP contribution in [0.3, 0.4) is 0 Å². The molecular weight excluding hydrogens is 210 g/mol. The molecule has 1 heterocycles. The Hall–Kier alpha value is -1.85. The second-order valence-electron chi connectivity index (χ2n) is 3.27. The lowest BCUT2D eigenvalue weighted by Crippen LogP contribution is -2.29. The lowest BCUT2D eigenvalue weighted by molar-refractivity contribution is -0.138. The monoisotopic (exact) mass is 225 g/mol. The van der Waals surface area contributed by atoms with Crippen LogP contribution in [0.25, 0.3) is 0 Å². The first-order valence-corrected chi connectivity index (χ1v) is 5.02. The van der Waals surface area contributed by atoms with Gasteiger partial charge in [0.05, 0.1) is 19.5 Å². The van der Waals surface area contributed by atoms with E-state index < -0.39 is 12.0 Å². The van der Waals surface area contributed by atoms with Gasteiger partial charge in [0.25, 0.3) is 0 Å². The molecule has 0 fully saturated rings. The maximum Gasteiger partial charge on any atom is 0.326 e. The third-order valence-corrected chi connectivity index (χ3v) is 2.02. The molecule has 1 unspecified atom stereocenters. The molecule has 1 aromatic heterocycles. The number of carboxylic acid groups (broad SMARTS) is 1. The average molecular weight is 225 g/mol. The third kappa shape index (κ3) is 3.38. The second-order valence-corrected chi connectivity index (χ2v) is 3.27. The Morgan fingerprint density at radius 2 is 2.38 bits per heavy atom. The number of aromatic nitrogens is 2. The third-order valence-electron chi connectivity index (χ3n) is 2.02. The highest BCUT2D eigenvalue weighted by Gasteiger charge is 2.16. The molecule has 1 aromatic rings. The van der Waals surface area contributed by atoms with Crippen molar-refractivity contribution < 1.29 is 14.6 Å². The quantitative estimate of drug-likeness (QED) is 0.755. The zero-order valence-electron chi connectivity index (χ0n) is 9.30. The first kappa shape index (κ1) is 12.2. The lowest BCUT2D eigenvalue weighted by Gasteiger charge is -2.13. The molecule has 0 radical (unpaired) electrons. The maximum absolute atomic E-state index is 10.9. The molecule has 0 aliphatic carbocycles. The van der Waals surface area contributed by atoms with Crippen molar-refractivity contribution >= 4 is 11.8 Å². The highest BCUT2D eigenvalue weighted by Crippen LogP contribution is 2.11. The summed E-state index contributed by atoms with van der Waals surface area (Å²) in [6.45, 7) is 1.93. The van der Waals surface area contributed by atoms with Gasteiger partial charge in [-0.2, -0.15) is 4.98 Å². The highest BCUT2D eigenvalue weighted by molar-refractivity contribution is 5.76. The van der Waals surface area contributed by atoms with Crippen molar-refractivity contribution in [1.82, 2.24) is 9.97 Å². The summed E-state index contributed by atoms with van der Waals surface area (Å²) in [5.74, 6) is -0.141. The SMILES string of the molecule is CCCC(Nc1cncc(OC)n1)C(=O)O. The van der Waals surface area contributed by atoms with Gasteiger partial charge in [-0.3, -0.25) is 4.98 Å². The summed E-state index contributed by atoms with van der Waals surface area (Å²) in [6, 6.07) is -0.647. The number of hydrogen-bond acceptors (Lipinski definition) is 5. The van der Waals surface area contributed by atoms with Crippen molar-refractivity contribution in [2.45, 2.75) is 25.8 Å². The van der Waals surface area contributed by atoms with Crippen LogP contribution in [0.15, 0.2) is 12.4 Å². The second kappa shape index (κ2) is 5.89. The first-order chi connectivity index (χ1) is 7.67. The molecule has 0 bridgehead atoms. The molecule has 0 saturated carbocycles. The molecule has 0 aromatic carbocycles. The van der Waals surface area contributed by atoms with E-state index in [-0.39, 0.29) is 0 Å². The Morgan fingerprint density at radius 1 is 1.62 bits per heavy atom. The zero-order valence-corrected chi connectivity index (χ0v) is 9.30. The van der Waals surface area contributed by atoms with E-state index in [2.05, 4.69) is 15.3 Å². The van der Waals surface area contributed by atoms with Crippen molar-refractivity contribution in [3.05, 3.63) is 12.4 Å². The zero-order chi connectivity index (χ0) is 12.0. The number of nitrogens with zero attached hydrogens (tertiary/aromatic N) is 2. The Kier molecular flexibility index (Phi) is 4.50. The fraction of sp³-hybridized carbons (Fsp3) is 0.500. The number of anilines is 1. The van der Waals surface area contributed by atoms with E-state index in [1.807, 2.05) is 6.92 Å². The number of nitrogens with one attached hydrogen (secondary N) is 1. The molecule has 0 aliphatic heterocycles. The summed E-state index contributed by atoms with van der Waals surface area (Å²) in [4.78, 5) is 18.8. The molecule has 1 atom stereocenters. The van der Waals surface area contributed by atoms with E-state index in [0.29, 0.717) is 18.1 Å². The van der Waals surface area contributed by atoms with E-state index in [1.165, 1.54) is 19.5 Å². The molecule has 6 nitrogen and oxygen atoms in total. The minimum absolute atomic E-state index is 0.352. The van der Waals surface area contributed by atoms with E-state index in [1.54, 1.807) is 0 Å². The van der Waals surface area contributed by atoms with Gasteiger partial charge in [0.15, 0.2) is 0 Å². The van der Waals surface area contributed by atoms with Gasteiger partial charge in [-0.25, -0.2) is 4.79 Å². The summed E-state index contributed by atoms with van der Waals surface area (Å²) < 4.78 is 4.90. The van der Waals surface area contributed by atoms with E-state index >= 15 is 0 Å². The fourth-order valence-corrected chi connectivity index (χ4v) is 1.24. The van der Waals surface area contributed by atoms with Crippen LogP contribution < -0.4 is 10.1 Å². The molecule has 88 valence electrons. The highest BCUT2D eigenvalue weighted by atomic mass is 16.5. The maximum atomic E-state index is 10.9. The molecule has 6 heteroatoms. The number of carbonyl (C=O) groups is 1. The van der Waals surface area contributed by atoms with Crippen molar-refractivity contribution in [2.24, 2.45) is 0 Å². The summed E-state index contributed by atoms with van der Waals surface area (Å²) in [5, 5.41) is 11.8. The summed E-state index contributed by atoms with van der Waals surface area (Å²) in [7, 11) is 1.48. The number of ether oxygens (including phenoxy) is 1. The Morgan fingerprint density at radius 3 is 2.94 bits per heavy atom. The van der Waals surface area contributed by atoms with Gasteiger partial charge in [-0.15, -0.1) is 0 Å². The molecule has 1 rings (SSSR count). The number of methoxy groups -OCH3 is 1.